The van der Waals surface area contributed by atoms with E-state index >= 15 is 0 Å². The number of aldehydes is 1. The fraction of sp³-hybridized carbons (Fsp3) is 0.500. The van der Waals surface area contributed by atoms with Gasteiger partial charge in [0.2, 0.25) is 5.88 Å². The van der Waals surface area contributed by atoms with Crippen LogP contribution >= 0.6 is 11.3 Å². The van der Waals surface area contributed by atoms with Gasteiger partial charge >= 0.3 is 0 Å². The number of nitrogens with zero attached hydrogens (tertiary/aromatic N) is 2. The van der Waals surface area contributed by atoms with E-state index in [4.69, 9.17) is 4.74 Å². The van der Waals surface area contributed by atoms with Crippen molar-refractivity contribution in [3.63, 3.8) is 0 Å². The lowest BCUT2D eigenvalue weighted by atomic mass is 10.0. The number of aromatic nitrogens is 1. The highest BCUT2D eigenvalue weighted by molar-refractivity contribution is 7.16. The molecule has 17 heavy (non-hydrogen) atoms. The molecule has 0 radical (unpaired) electrons. The summed E-state index contributed by atoms with van der Waals surface area (Å²) in [4.78, 5) is 18.1. The largest absolute Gasteiger partial charge is 0.480 e. The first-order valence-electron chi connectivity index (χ1n) is 5.38. The lowest BCUT2D eigenvalue weighted by Crippen LogP contribution is -2.07. The normalized spacial score (nSPS) is 11.8. The molecule has 0 saturated heterocycles. The lowest BCUT2D eigenvalue weighted by Gasteiger charge is -2.04. The van der Waals surface area contributed by atoms with Crippen LogP contribution in [0.15, 0.2) is 5.57 Å². The molecule has 1 aromatic rings. The van der Waals surface area contributed by atoms with E-state index in [1.807, 2.05) is 38.9 Å². The topological polar surface area (TPSA) is 42.4 Å². The molecule has 4 nitrogen and oxygen atoms in total. The van der Waals surface area contributed by atoms with Crippen molar-refractivity contribution < 1.29 is 9.53 Å². The van der Waals surface area contributed by atoms with Gasteiger partial charge in [-0.25, -0.2) is 0 Å². The Balaban J connectivity index is 3.16. The molecule has 5 heteroatoms. The van der Waals surface area contributed by atoms with Crippen molar-refractivity contribution in [2.24, 2.45) is 5.92 Å². The van der Waals surface area contributed by atoms with Crippen LogP contribution in [0, 0.1) is 5.92 Å². The zero-order chi connectivity index (χ0) is 13.0. The van der Waals surface area contributed by atoms with Crippen LogP contribution in [0.2, 0.25) is 0 Å². The van der Waals surface area contributed by atoms with E-state index in [1.165, 1.54) is 11.3 Å². The number of carbonyl (C=O) groups excluding carboxylic acids is 1. The Labute approximate surface area is 106 Å². The summed E-state index contributed by atoms with van der Waals surface area (Å²) in [5.74, 6) is 0.765. The highest BCUT2D eigenvalue weighted by Gasteiger charge is 2.13. The molecule has 0 saturated carbocycles. The SMILES string of the molecule is COc1nc(N(C)C)sc1C=C(C=O)C(C)C. The van der Waals surface area contributed by atoms with Crippen molar-refractivity contribution in [2.75, 3.05) is 26.1 Å². The number of methoxy groups -OCH3 is 1. The third kappa shape index (κ3) is 3.30. The second-order valence-electron chi connectivity index (χ2n) is 4.18. The second kappa shape index (κ2) is 5.82. The molecule has 0 aliphatic carbocycles. The maximum atomic E-state index is 11.0. The predicted octanol–water partition coefficient (Wildman–Crippen LogP) is 2.46. The summed E-state index contributed by atoms with van der Waals surface area (Å²) in [5, 5.41) is 0.863. The number of hydrogen-bond acceptors (Lipinski definition) is 5. The number of hydrogen-bond donors (Lipinski definition) is 0. The van der Waals surface area contributed by atoms with Gasteiger partial charge in [-0.3, -0.25) is 4.79 Å². The smallest absolute Gasteiger partial charge is 0.233 e. The fourth-order valence-corrected chi connectivity index (χ4v) is 2.14. The van der Waals surface area contributed by atoms with Gasteiger partial charge in [0.05, 0.1) is 12.0 Å². The molecular formula is C12H18N2O2S. The molecule has 1 aromatic heterocycles. The fourth-order valence-electron chi connectivity index (χ4n) is 1.22. The van der Waals surface area contributed by atoms with E-state index in [0.29, 0.717) is 5.88 Å². The molecule has 1 heterocycles. The van der Waals surface area contributed by atoms with Crippen LogP contribution in [0.5, 0.6) is 5.88 Å². The molecule has 0 atom stereocenters. The number of carbonyl (C=O) groups is 1. The molecule has 94 valence electrons. The third-order valence-corrected chi connectivity index (χ3v) is 3.44. The Hall–Kier alpha value is -1.36. The molecule has 0 spiro atoms. The number of anilines is 1. The maximum Gasteiger partial charge on any atom is 0.233 e. The Morgan fingerprint density at radius 1 is 1.47 bits per heavy atom. The third-order valence-electron chi connectivity index (χ3n) is 2.29. The zero-order valence-electron chi connectivity index (χ0n) is 10.9. The van der Waals surface area contributed by atoms with Crippen LogP contribution in [0.4, 0.5) is 5.13 Å². The molecule has 0 aliphatic rings. The Morgan fingerprint density at radius 3 is 2.53 bits per heavy atom. The number of thiazole rings is 1. The van der Waals surface area contributed by atoms with Gasteiger partial charge in [-0.2, -0.15) is 4.98 Å². The highest BCUT2D eigenvalue weighted by Crippen LogP contribution is 2.32. The number of ether oxygens (including phenoxy) is 1. The van der Waals surface area contributed by atoms with E-state index in [2.05, 4.69) is 4.98 Å². The van der Waals surface area contributed by atoms with E-state index in [-0.39, 0.29) is 5.92 Å². The minimum atomic E-state index is 0.196. The van der Waals surface area contributed by atoms with E-state index < -0.39 is 0 Å². The van der Waals surface area contributed by atoms with E-state index in [9.17, 15) is 4.79 Å². The summed E-state index contributed by atoms with van der Waals surface area (Å²) in [7, 11) is 5.44. The van der Waals surface area contributed by atoms with Crippen LogP contribution in [0.1, 0.15) is 18.7 Å². The number of allylic oxidation sites excluding steroid dienone is 1. The molecule has 0 N–H and O–H groups in total. The van der Waals surface area contributed by atoms with E-state index in [0.717, 1.165) is 21.9 Å². The Kier molecular flexibility index (Phi) is 4.69. The van der Waals surface area contributed by atoms with Gasteiger partial charge in [-0.1, -0.05) is 25.2 Å². The van der Waals surface area contributed by atoms with Gasteiger partial charge in [-0.05, 0) is 17.6 Å². The van der Waals surface area contributed by atoms with Crippen molar-refractivity contribution in [3.8, 4) is 5.88 Å². The highest BCUT2D eigenvalue weighted by atomic mass is 32.1. The van der Waals surface area contributed by atoms with Crippen LogP contribution < -0.4 is 9.64 Å². The molecule has 0 bridgehead atoms. The minimum absolute atomic E-state index is 0.196. The Morgan fingerprint density at radius 2 is 2.12 bits per heavy atom. The minimum Gasteiger partial charge on any atom is -0.480 e. The van der Waals surface area contributed by atoms with Gasteiger partial charge < -0.3 is 9.64 Å². The summed E-state index contributed by atoms with van der Waals surface area (Å²) in [6.45, 7) is 3.97. The first kappa shape index (κ1) is 13.7. The second-order valence-corrected chi connectivity index (χ2v) is 5.19. The average Bonchev–Trinajstić information content (AvgIpc) is 2.68. The molecule has 0 aromatic carbocycles. The average molecular weight is 254 g/mol. The van der Waals surface area contributed by atoms with Gasteiger partial charge in [0, 0.05) is 14.1 Å². The van der Waals surface area contributed by atoms with Crippen molar-refractivity contribution in [1.82, 2.24) is 4.98 Å². The summed E-state index contributed by atoms with van der Waals surface area (Å²) >= 11 is 1.51. The van der Waals surface area contributed by atoms with Crippen LogP contribution in [0.25, 0.3) is 6.08 Å². The van der Waals surface area contributed by atoms with E-state index in [1.54, 1.807) is 7.11 Å². The van der Waals surface area contributed by atoms with Crippen LogP contribution in [-0.4, -0.2) is 32.5 Å². The summed E-state index contributed by atoms with van der Waals surface area (Å²) in [6.07, 6.45) is 2.74. The predicted molar refractivity (Wildman–Crippen MR) is 71.9 cm³/mol. The maximum absolute atomic E-state index is 11.0. The van der Waals surface area contributed by atoms with Crippen molar-refractivity contribution in [2.45, 2.75) is 13.8 Å². The molecule has 0 aliphatic heterocycles. The lowest BCUT2D eigenvalue weighted by molar-refractivity contribution is -0.105. The monoisotopic (exact) mass is 254 g/mol. The molecule has 0 unspecified atom stereocenters. The molecule has 1 rings (SSSR count). The first-order valence-corrected chi connectivity index (χ1v) is 6.20. The summed E-state index contributed by atoms with van der Waals surface area (Å²) in [6, 6.07) is 0. The standard InChI is InChI=1S/C12H18N2O2S/c1-8(2)9(7-15)6-10-11(16-5)13-12(17-10)14(3)4/h6-8H,1-5H3. The summed E-state index contributed by atoms with van der Waals surface area (Å²) < 4.78 is 5.21. The first-order chi connectivity index (χ1) is 7.99. The number of rotatable bonds is 5. The van der Waals surface area contributed by atoms with Gasteiger partial charge in [-0.15, -0.1) is 0 Å². The van der Waals surface area contributed by atoms with Crippen molar-refractivity contribution >= 4 is 28.8 Å². The zero-order valence-corrected chi connectivity index (χ0v) is 11.7. The quantitative estimate of drug-likeness (QED) is 0.598. The summed E-state index contributed by atoms with van der Waals surface area (Å²) in [5.41, 5.74) is 0.747. The Bertz CT molecular complexity index is 422. The molecule has 0 fully saturated rings. The van der Waals surface area contributed by atoms with Gasteiger partial charge in [0.1, 0.15) is 6.29 Å². The van der Waals surface area contributed by atoms with Crippen LogP contribution in [0.3, 0.4) is 0 Å². The van der Waals surface area contributed by atoms with Crippen molar-refractivity contribution in [3.05, 3.63) is 10.5 Å². The van der Waals surface area contributed by atoms with Gasteiger partial charge in [0.15, 0.2) is 5.13 Å². The van der Waals surface area contributed by atoms with Gasteiger partial charge in [0.25, 0.3) is 0 Å². The molecular weight excluding hydrogens is 236 g/mol. The molecule has 0 amide bonds. The van der Waals surface area contributed by atoms with Crippen molar-refractivity contribution in [1.29, 1.82) is 0 Å². The van der Waals surface area contributed by atoms with Crippen LogP contribution in [-0.2, 0) is 4.79 Å².